The van der Waals surface area contributed by atoms with E-state index in [2.05, 4.69) is 15.9 Å². The van der Waals surface area contributed by atoms with Crippen LogP contribution in [0.15, 0.2) is 68.4 Å². The standard InChI is InChI=1S/C23H18BrNO3S/c1-14-4-3-5-16(10-14)13-25-22(26)21(29-23(25)27)12-17-7-9-20(28-17)18-8-6-15(2)11-19(18)24/h3-12H,13H2,1-2H3/b21-12-. The van der Waals surface area contributed by atoms with Gasteiger partial charge in [-0.2, -0.15) is 0 Å². The summed E-state index contributed by atoms with van der Waals surface area (Å²) in [6.07, 6.45) is 1.63. The smallest absolute Gasteiger partial charge is 0.293 e. The van der Waals surface area contributed by atoms with Crippen LogP contribution in [0.4, 0.5) is 4.79 Å². The molecule has 0 atom stereocenters. The van der Waals surface area contributed by atoms with Crippen LogP contribution in [0.2, 0.25) is 0 Å². The molecule has 1 saturated heterocycles. The van der Waals surface area contributed by atoms with E-state index in [9.17, 15) is 9.59 Å². The first-order chi connectivity index (χ1) is 13.9. The normalized spacial score (nSPS) is 15.6. The maximum atomic E-state index is 12.7. The molecule has 0 unspecified atom stereocenters. The van der Waals surface area contributed by atoms with Crippen LogP contribution in [0.3, 0.4) is 0 Å². The molecule has 1 aromatic heterocycles. The van der Waals surface area contributed by atoms with E-state index >= 15 is 0 Å². The van der Waals surface area contributed by atoms with Gasteiger partial charge in [0.2, 0.25) is 0 Å². The first-order valence-corrected chi connectivity index (χ1v) is 10.7. The third-order valence-corrected chi connectivity index (χ3v) is 6.15. The third kappa shape index (κ3) is 4.23. The molecule has 29 heavy (non-hydrogen) atoms. The molecule has 0 radical (unpaired) electrons. The van der Waals surface area contributed by atoms with E-state index < -0.39 is 0 Å². The molecule has 1 aliphatic heterocycles. The van der Waals surface area contributed by atoms with E-state index in [1.165, 1.54) is 4.90 Å². The molecule has 0 spiro atoms. The van der Waals surface area contributed by atoms with Crippen LogP contribution in [0.5, 0.6) is 0 Å². The molecule has 3 aromatic rings. The Hall–Kier alpha value is -2.57. The fourth-order valence-corrected chi connectivity index (χ4v) is 4.66. The molecule has 2 aromatic carbocycles. The largest absolute Gasteiger partial charge is 0.457 e. The summed E-state index contributed by atoms with van der Waals surface area (Å²) in [5.74, 6) is 0.937. The number of halogens is 1. The number of imide groups is 1. The minimum absolute atomic E-state index is 0.267. The number of hydrogen-bond donors (Lipinski definition) is 0. The molecule has 2 heterocycles. The lowest BCUT2D eigenvalue weighted by atomic mass is 10.1. The summed E-state index contributed by atoms with van der Waals surface area (Å²) in [5, 5.41) is -0.268. The van der Waals surface area contributed by atoms with Crippen LogP contribution >= 0.6 is 27.7 Å². The minimum Gasteiger partial charge on any atom is -0.457 e. The number of amides is 2. The van der Waals surface area contributed by atoms with Crippen molar-refractivity contribution in [3.8, 4) is 11.3 Å². The van der Waals surface area contributed by atoms with Gasteiger partial charge < -0.3 is 4.42 Å². The molecule has 146 valence electrons. The SMILES string of the molecule is Cc1cccc(CN2C(=O)S/C(=C\c3ccc(-c4ccc(C)cc4Br)o3)C2=O)c1. The molecule has 1 aliphatic rings. The molecule has 2 amide bonds. The second-order valence-corrected chi connectivity index (χ2v) is 8.79. The van der Waals surface area contributed by atoms with Crippen molar-refractivity contribution in [2.24, 2.45) is 0 Å². The third-order valence-electron chi connectivity index (χ3n) is 4.59. The Balaban J connectivity index is 1.55. The maximum absolute atomic E-state index is 12.7. The number of hydrogen-bond acceptors (Lipinski definition) is 4. The summed E-state index contributed by atoms with van der Waals surface area (Å²) in [6.45, 7) is 4.27. The fourth-order valence-electron chi connectivity index (χ4n) is 3.15. The Labute approximate surface area is 181 Å². The number of furan rings is 1. The Kier molecular flexibility index (Phi) is 5.48. The molecule has 0 bridgehead atoms. The van der Waals surface area contributed by atoms with Crippen molar-refractivity contribution < 1.29 is 14.0 Å². The van der Waals surface area contributed by atoms with Gasteiger partial charge in [0, 0.05) is 16.1 Å². The van der Waals surface area contributed by atoms with Crippen LogP contribution in [-0.2, 0) is 11.3 Å². The Morgan fingerprint density at radius 3 is 2.59 bits per heavy atom. The molecule has 6 heteroatoms. The highest BCUT2D eigenvalue weighted by Gasteiger charge is 2.35. The van der Waals surface area contributed by atoms with Crippen LogP contribution in [0.25, 0.3) is 17.4 Å². The predicted molar refractivity (Wildman–Crippen MR) is 119 cm³/mol. The molecule has 4 rings (SSSR count). The zero-order chi connectivity index (χ0) is 20.5. The number of aryl methyl sites for hydroxylation is 2. The monoisotopic (exact) mass is 467 g/mol. The second-order valence-electron chi connectivity index (χ2n) is 6.94. The summed E-state index contributed by atoms with van der Waals surface area (Å²) in [6, 6.07) is 17.5. The van der Waals surface area contributed by atoms with Crippen molar-refractivity contribution in [1.29, 1.82) is 0 Å². The van der Waals surface area contributed by atoms with Gasteiger partial charge in [-0.15, -0.1) is 0 Å². The van der Waals surface area contributed by atoms with Crippen LogP contribution in [0.1, 0.15) is 22.5 Å². The van der Waals surface area contributed by atoms with Crippen molar-refractivity contribution in [2.45, 2.75) is 20.4 Å². The highest BCUT2D eigenvalue weighted by Crippen LogP contribution is 2.35. The van der Waals surface area contributed by atoms with Crippen molar-refractivity contribution in [3.05, 3.63) is 86.4 Å². The maximum Gasteiger partial charge on any atom is 0.293 e. The Bertz CT molecular complexity index is 1150. The topological polar surface area (TPSA) is 50.5 Å². The summed E-state index contributed by atoms with van der Waals surface area (Å²) in [7, 11) is 0. The second kappa shape index (κ2) is 8.05. The fraction of sp³-hybridized carbons (Fsp3) is 0.130. The van der Waals surface area contributed by atoms with Gasteiger partial charge in [-0.3, -0.25) is 14.5 Å². The molecule has 1 fully saturated rings. The van der Waals surface area contributed by atoms with Crippen LogP contribution in [-0.4, -0.2) is 16.0 Å². The lowest BCUT2D eigenvalue weighted by Crippen LogP contribution is -2.27. The Morgan fingerprint density at radius 2 is 1.83 bits per heavy atom. The zero-order valence-electron chi connectivity index (χ0n) is 15.9. The number of carbonyl (C=O) groups excluding carboxylic acids is 2. The minimum atomic E-state index is -0.295. The highest BCUT2D eigenvalue weighted by atomic mass is 79.9. The van der Waals surface area contributed by atoms with Gasteiger partial charge in [-0.25, -0.2) is 0 Å². The average molecular weight is 468 g/mol. The number of benzene rings is 2. The van der Waals surface area contributed by atoms with Gasteiger partial charge >= 0.3 is 0 Å². The van der Waals surface area contributed by atoms with Gasteiger partial charge in [0.05, 0.1) is 11.4 Å². The summed E-state index contributed by atoms with van der Waals surface area (Å²) in [4.78, 5) is 26.7. The molecule has 4 nitrogen and oxygen atoms in total. The molecule has 0 aliphatic carbocycles. The molecular weight excluding hydrogens is 450 g/mol. The van der Waals surface area contributed by atoms with Crippen molar-refractivity contribution in [1.82, 2.24) is 4.90 Å². The Morgan fingerprint density at radius 1 is 1.03 bits per heavy atom. The number of rotatable bonds is 4. The van der Waals surface area contributed by atoms with Crippen molar-refractivity contribution in [3.63, 3.8) is 0 Å². The van der Waals surface area contributed by atoms with Gasteiger partial charge in [0.15, 0.2) is 0 Å². The quantitative estimate of drug-likeness (QED) is 0.407. The van der Waals surface area contributed by atoms with Crippen LogP contribution in [0, 0.1) is 13.8 Å². The van der Waals surface area contributed by atoms with E-state index in [1.807, 2.05) is 62.4 Å². The average Bonchev–Trinajstić information content (AvgIpc) is 3.22. The number of carbonyl (C=O) groups is 2. The number of nitrogens with zero attached hydrogens (tertiary/aromatic N) is 1. The van der Waals surface area contributed by atoms with E-state index in [0.717, 1.165) is 38.5 Å². The number of thioether (sulfide) groups is 1. The van der Waals surface area contributed by atoms with E-state index in [-0.39, 0.29) is 17.7 Å². The van der Waals surface area contributed by atoms with Crippen molar-refractivity contribution >= 4 is 44.9 Å². The zero-order valence-corrected chi connectivity index (χ0v) is 18.3. The van der Waals surface area contributed by atoms with Crippen LogP contribution < -0.4 is 0 Å². The summed E-state index contributed by atoms with van der Waals surface area (Å²) in [5.41, 5.74) is 4.10. The molecule has 0 saturated carbocycles. The van der Waals surface area contributed by atoms with Gasteiger partial charge in [-0.1, -0.05) is 51.8 Å². The summed E-state index contributed by atoms with van der Waals surface area (Å²) < 4.78 is 6.84. The summed E-state index contributed by atoms with van der Waals surface area (Å²) >= 11 is 4.50. The lowest BCUT2D eigenvalue weighted by molar-refractivity contribution is -0.123. The van der Waals surface area contributed by atoms with Gasteiger partial charge in [0.25, 0.3) is 11.1 Å². The highest BCUT2D eigenvalue weighted by molar-refractivity contribution is 9.10. The van der Waals surface area contributed by atoms with Crippen molar-refractivity contribution in [2.75, 3.05) is 0 Å². The molecule has 0 N–H and O–H groups in total. The van der Waals surface area contributed by atoms with E-state index in [0.29, 0.717) is 16.4 Å². The van der Waals surface area contributed by atoms with Gasteiger partial charge in [-0.05, 0) is 61.0 Å². The molecular formula is C23H18BrNO3S. The first-order valence-electron chi connectivity index (χ1n) is 9.08. The lowest BCUT2D eigenvalue weighted by Gasteiger charge is -2.12. The predicted octanol–water partition coefficient (Wildman–Crippen LogP) is 6.56. The van der Waals surface area contributed by atoms with Gasteiger partial charge in [0.1, 0.15) is 11.5 Å². The first kappa shape index (κ1) is 19.7. The van der Waals surface area contributed by atoms with E-state index in [4.69, 9.17) is 4.42 Å². The van der Waals surface area contributed by atoms with E-state index in [1.54, 1.807) is 12.1 Å².